The van der Waals surface area contributed by atoms with E-state index in [0.29, 0.717) is 17.2 Å². The van der Waals surface area contributed by atoms with Crippen molar-refractivity contribution >= 4 is 23.4 Å². The highest BCUT2D eigenvalue weighted by atomic mass is 35.5. The van der Waals surface area contributed by atoms with E-state index >= 15 is 0 Å². The number of para-hydroxylation sites is 1. The van der Waals surface area contributed by atoms with Crippen LogP contribution < -0.4 is 10.1 Å². The third kappa shape index (κ3) is 7.85. The molecule has 0 saturated carbocycles. The maximum Gasteiger partial charge on any atom is 0.261 e. The highest BCUT2D eigenvalue weighted by molar-refractivity contribution is 6.30. The van der Waals surface area contributed by atoms with E-state index in [4.69, 9.17) is 16.3 Å². The number of rotatable bonds is 11. The van der Waals surface area contributed by atoms with Crippen molar-refractivity contribution in [3.63, 3.8) is 0 Å². The predicted molar refractivity (Wildman–Crippen MR) is 145 cm³/mol. The molecule has 0 unspecified atom stereocenters. The third-order valence-electron chi connectivity index (χ3n) is 5.84. The van der Waals surface area contributed by atoms with Crippen LogP contribution in [0.4, 0.5) is 0 Å². The van der Waals surface area contributed by atoms with Gasteiger partial charge in [0.05, 0.1) is 0 Å². The molecule has 3 aromatic rings. The Kier molecular flexibility index (Phi) is 9.95. The number of amides is 2. The van der Waals surface area contributed by atoms with Crippen LogP contribution in [-0.2, 0) is 22.6 Å². The average Bonchev–Trinajstić information content (AvgIpc) is 2.85. The van der Waals surface area contributed by atoms with E-state index in [-0.39, 0.29) is 36.9 Å². The van der Waals surface area contributed by atoms with E-state index in [1.807, 2.05) is 86.6 Å². The van der Waals surface area contributed by atoms with Crippen LogP contribution >= 0.6 is 11.6 Å². The Morgan fingerprint density at radius 3 is 2.22 bits per heavy atom. The molecule has 36 heavy (non-hydrogen) atoms. The van der Waals surface area contributed by atoms with Gasteiger partial charge in [-0.1, -0.05) is 86.1 Å². The lowest BCUT2D eigenvalue weighted by atomic mass is 10.0. The van der Waals surface area contributed by atoms with E-state index in [2.05, 4.69) is 19.2 Å². The van der Waals surface area contributed by atoms with Crippen molar-refractivity contribution in [2.75, 3.05) is 6.61 Å². The van der Waals surface area contributed by atoms with Crippen molar-refractivity contribution < 1.29 is 14.3 Å². The highest BCUT2D eigenvalue weighted by Gasteiger charge is 2.31. The maximum atomic E-state index is 13.7. The summed E-state index contributed by atoms with van der Waals surface area (Å²) in [5.74, 6) is 0.455. The fraction of sp³-hybridized carbons (Fsp3) is 0.333. The standard InChI is InChI=1S/C30H35ClN2O3/c1-21(2)26-15-8-9-16-28(26)36-20-29(34)33(19-24-13-10-14-25(31)17-24)27(30(35)32-22(3)4)18-23-11-6-5-7-12-23/h5-17,21-22,27H,18-20H2,1-4H3,(H,32,35)/t27-/m0/s1. The van der Waals surface area contributed by atoms with Crippen LogP contribution in [0.25, 0.3) is 0 Å². The molecule has 0 spiro atoms. The molecule has 190 valence electrons. The summed E-state index contributed by atoms with van der Waals surface area (Å²) >= 11 is 6.23. The average molecular weight is 507 g/mol. The van der Waals surface area contributed by atoms with Gasteiger partial charge in [0.2, 0.25) is 5.91 Å². The number of hydrogen-bond donors (Lipinski definition) is 1. The second kappa shape index (κ2) is 13.1. The number of ether oxygens (including phenoxy) is 1. The Morgan fingerprint density at radius 1 is 0.889 bits per heavy atom. The molecule has 6 heteroatoms. The summed E-state index contributed by atoms with van der Waals surface area (Å²) in [4.78, 5) is 28.7. The second-order valence-corrected chi connectivity index (χ2v) is 9.94. The molecule has 0 bridgehead atoms. The summed E-state index contributed by atoms with van der Waals surface area (Å²) in [5.41, 5.74) is 2.84. The largest absolute Gasteiger partial charge is 0.483 e. The number of carbonyl (C=O) groups excluding carboxylic acids is 2. The summed E-state index contributed by atoms with van der Waals surface area (Å²) in [6, 6.07) is 24.0. The topological polar surface area (TPSA) is 58.6 Å². The van der Waals surface area contributed by atoms with E-state index in [1.54, 1.807) is 11.0 Å². The summed E-state index contributed by atoms with van der Waals surface area (Å²) in [6.07, 6.45) is 0.383. The minimum atomic E-state index is -0.717. The van der Waals surface area contributed by atoms with Crippen molar-refractivity contribution in [2.45, 2.75) is 58.7 Å². The number of nitrogens with zero attached hydrogens (tertiary/aromatic N) is 1. The fourth-order valence-electron chi connectivity index (χ4n) is 4.08. The van der Waals surface area contributed by atoms with Gasteiger partial charge in [0.25, 0.3) is 5.91 Å². The van der Waals surface area contributed by atoms with E-state index in [9.17, 15) is 9.59 Å². The van der Waals surface area contributed by atoms with Gasteiger partial charge in [-0.2, -0.15) is 0 Å². The lowest BCUT2D eigenvalue weighted by molar-refractivity contribution is -0.143. The van der Waals surface area contributed by atoms with Crippen molar-refractivity contribution in [3.05, 3.63) is 101 Å². The van der Waals surface area contributed by atoms with Gasteiger partial charge >= 0.3 is 0 Å². The minimum absolute atomic E-state index is 0.0620. The normalized spacial score (nSPS) is 11.9. The molecule has 3 rings (SSSR count). The molecule has 0 radical (unpaired) electrons. The van der Waals surface area contributed by atoms with Gasteiger partial charge in [-0.05, 0) is 54.7 Å². The summed E-state index contributed by atoms with van der Waals surface area (Å²) in [6.45, 7) is 8.05. The Balaban J connectivity index is 1.93. The van der Waals surface area contributed by atoms with Gasteiger partial charge in [-0.3, -0.25) is 9.59 Å². The zero-order chi connectivity index (χ0) is 26.1. The molecule has 0 aromatic heterocycles. The zero-order valence-corrected chi connectivity index (χ0v) is 22.2. The maximum absolute atomic E-state index is 13.7. The van der Waals surface area contributed by atoms with E-state index in [0.717, 1.165) is 16.7 Å². The Morgan fingerprint density at radius 2 is 1.56 bits per heavy atom. The number of benzene rings is 3. The molecule has 0 heterocycles. The summed E-state index contributed by atoms with van der Waals surface area (Å²) in [5, 5.41) is 3.57. The van der Waals surface area contributed by atoms with Crippen LogP contribution in [0.15, 0.2) is 78.9 Å². The fourth-order valence-corrected chi connectivity index (χ4v) is 4.29. The molecule has 0 aliphatic heterocycles. The molecular weight excluding hydrogens is 472 g/mol. The van der Waals surface area contributed by atoms with E-state index in [1.165, 1.54) is 0 Å². The number of hydrogen-bond acceptors (Lipinski definition) is 3. The van der Waals surface area contributed by atoms with Crippen molar-refractivity contribution in [1.29, 1.82) is 0 Å². The first-order valence-corrected chi connectivity index (χ1v) is 12.7. The van der Waals surface area contributed by atoms with E-state index < -0.39 is 6.04 Å². The molecule has 1 atom stereocenters. The van der Waals surface area contributed by atoms with Gasteiger partial charge in [-0.15, -0.1) is 0 Å². The molecular formula is C30H35ClN2O3. The summed E-state index contributed by atoms with van der Waals surface area (Å²) in [7, 11) is 0. The van der Waals surface area contributed by atoms with Gasteiger partial charge in [-0.25, -0.2) is 0 Å². The molecule has 2 amide bonds. The quantitative estimate of drug-likeness (QED) is 0.346. The Bertz CT molecular complexity index is 1150. The van der Waals surface area contributed by atoms with Gasteiger partial charge < -0.3 is 15.0 Å². The number of nitrogens with one attached hydrogen (secondary N) is 1. The van der Waals surface area contributed by atoms with Crippen LogP contribution in [0.5, 0.6) is 5.75 Å². The SMILES string of the molecule is CC(C)NC(=O)[C@H](Cc1ccccc1)N(Cc1cccc(Cl)c1)C(=O)COc1ccccc1C(C)C. The van der Waals surface area contributed by atoms with Crippen molar-refractivity contribution in [1.82, 2.24) is 10.2 Å². The Labute approximate surface area is 219 Å². The molecule has 0 aliphatic carbocycles. The van der Waals surface area contributed by atoms with Gasteiger partial charge in [0.1, 0.15) is 11.8 Å². The Hall–Kier alpha value is -3.31. The smallest absolute Gasteiger partial charge is 0.261 e. The monoisotopic (exact) mass is 506 g/mol. The first kappa shape index (κ1) is 27.3. The van der Waals surface area contributed by atoms with Gasteiger partial charge in [0.15, 0.2) is 6.61 Å². The first-order chi connectivity index (χ1) is 17.2. The second-order valence-electron chi connectivity index (χ2n) is 9.50. The van der Waals surface area contributed by atoms with Crippen LogP contribution in [0, 0.1) is 0 Å². The molecule has 1 N–H and O–H groups in total. The van der Waals surface area contributed by atoms with Crippen LogP contribution in [-0.4, -0.2) is 35.4 Å². The van der Waals surface area contributed by atoms with Gasteiger partial charge in [0, 0.05) is 24.0 Å². The lowest BCUT2D eigenvalue weighted by Gasteiger charge is -2.32. The molecule has 5 nitrogen and oxygen atoms in total. The highest BCUT2D eigenvalue weighted by Crippen LogP contribution is 2.26. The lowest BCUT2D eigenvalue weighted by Crippen LogP contribution is -2.52. The third-order valence-corrected chi connectivity index (χ3v) is 6.07. The summed E-state index contributed by atoms with van der Waals surface area (Å²) < 4.78 is 6.01. The zero-order valence-electron chi connectivity index (χ0n) is 21.4. The first-order valence-electron chi connectivity index (χ1n) is 12.3. The van der Waals surface area contributed by atoms with Crippen LogP contribution in [0.2, 0.25) is 5.02 Å². The van der Waals surface area contributed by atoms with Crippen LogP contribution in [0.1, 0.15) is 50.3 Å². The molecule has 0 fully saturated rings. The molecule has 3 aromatic carbocycles. The van der Waals surface area contributed by atoms with Crippen molar-refractivity contribution in [3.8, 4) is 5.75 Å². The molecule has 0 aliphatic rings. The number of carbonyl (C=O) groups is 2. The predicted octanol–water partition coefficient (Wildman–Crippen LogP) is 6.01. The molecule has 0 saturated heterocycles. The van der Waals surface area contributed by atoms with Crippen LogP contribution in [0.3, 0.4) is 0 Å². The number of halogens is 1. The minimum Gasteiger partial charge on any atom is -0.483 e. The van der Waals surface area contributed by atoms with Crippen molar-refractivity contribution in [2.24, 2.45) is 0 Å².